The van der Waals surface area contributed by atoms with Gasteiger partial charge in [-0.05, 0) is 47.9 Å². The van der Waals surface area contributed by atoms with Crippen LogP contribution in [0.4, 0.5) is 4.39 Å². The van der Waals surface area contributed by atoms with E-state index in [1.165, 1.54) is 13.2 Å². The molecule has 2 rings (SSSR count). The summed E-state index contributed by atoms with van der Waals surface area (Å²) in [4.78, 5) is 0. The number of nitrogens with two attached hydrogens (primary N) is 1. The number of benzene rings is 2. The lowest BCUT2D eigenvalue weighted by Gasteiger charge is -2.19. The van der Waals surface area contributed by atoms with Crippen LogP contribution in [0.15, 0.2) is 36.4 Å². The van der Waals surface area contributed by atoms with Gasteiger partial charge in [-0.2, -0.15) is 0 Å². The van der Waals surface area contributed by atoms with Crippen molar-refractivity contribution in [3.8, 4) is 5.75 Å². The van der Waals surface area contributed by atoms with E-state index in [4.69, 9.17) is 22.2 Å². The molecule has 0 aliphatic carbocycles. The maximum absolute atomic E-state index is 13.8. The fourth-order valence-electron chi connectivity index (χ4n) is 2.19. The number of hydrazine groups is 1. The molecule has 5 heteroatoms. The van der Waals surface area contributed by atoms with Crippen LogP contribution in [0, 0.1) is 12.7 Å². The Labute approximate surface area is 122 Å². The van der Waals surface area contributed by atoms with Gasteiger partial charge in [0.1, 0.15) is 0 Å². The molecule has 0 saturated heterocycles. The highest BCUT2D eigenvalue weighted by molar-refractivity contribution is 6.30. The van der Waals surface area contributed by atoms with Crippen LogP contribution in [0.2, 0.25) is 5.02 Å². The molecular formula is C15H16ClFN2O. The molecule has 1 unspecified atom stereocenters. The molecule has 106 valence electrons. The molecular weight excluding hydrogens is 279 g/mol. The van der Waals surface area contributed by atoms with E-state index in [0.717, 1.165) is 16.7 Å². The Balaban J connectivity index is 2.44. The number of aryl methyl sites for hydroxylation is 1. The molecule has 0 saturated carbocycles. The molecule has 2 aromatic carbocycles. The Hall–Kier alpha value is -1.62. The van der Waals surface area contributed by atoms with Crippen LogP contribution in [0.5, 0.6) is 5.75 Å². The van der Waals surface area contributed by atoms with Crippen molar-refractivity contribution in [2.75, 3.05) is 7.11 Å². The van der Waals surface area contributed by atoms with E-state index in [1.807, 2.05) is 19.1 Å². The van der Waals surface area contributed by atoms with Crippen molar-refractivity contribution in [2.45, 2.75) is 13.0 Å². The van der Waals surface area contributed by atoms with Crippen LogP contribution >= 0.6 is 11.6 Å². The van der Waals surface area contributed by atoms with Gasteiger partial charge in [0.15, 0.2) is 11.6 Å². The number of rotatable bonds is 4. The van der Waals surface area contributed by atoms with Gasteiger partial charge in [0.2, 0.25) is 0 Å². The van der Waals surface area contributed by atoms with E-state index in [0.29, 0.717) is 5.02 Å². The first-order valence-electron chi connectivity index (χ1n) is 6.12. The van der Waals surface area contributed by atoms with Crippen LogP contribution in [0.3, 0.4) is 0 Å². The van der Waals surface area contributed by atoms with Gasteiger partial charge < -0.3 is 4.74 Å². The third kappa shape index (κ3) is 2.93. The van der Waals surface area contributed by atoms with E-state index in [2.05, 4.69) is 5.43 Å². The minimum atomic E-state index is -0.420. The van der Waals surface area contributed by atoms with Crippen molar-refractivity contribution in [3.05, 3.63) is 63.9 Å². The molecule has 3 nitrogen and oxygen atoms in total. The third-order valence-electron chi connectivity index (χ3n) is 3.22. The van der Waals surface area contributed by atoms with Gasteiger partial charge in [0.25, 0.3) is 0 Å². The zero-order valence-electron chi connectivity index (χ0n) is 11.3. The third-order valence-corrected chi connectivity index (χ3v) is 3.45. The summed E-state index contributed by atoms with van der Waals surface area (Å²) in [6.45, 7) is 1.94. The molecule has 0 radical (unpaired) electrons. The SMILES string of the molecule is COc1ccc(C(NN)c2ccc(Cl)cc2C)cc1F. The standard InChI is InChI=1S/C15H16ClFN2O/c1-9-7-11(16)4-5-12(9)15(19-18)10-3-6-14(20-2)13(17)8-10/h3-8,15,19H,18H2,1-2H3. The molecule has 0 aliphatic heterocycles. The number of nitrogens with one attached hydrogen (secondary N) is 1. The first-order valence-corrected chi connectivity index (χ1v) is 6.50. The van der Waals surface area contributed by atoms with Gasteiger partial charge in [-0.3, -0.25) is 5.84 Å². The van der Waals surface area contributed by atoms with E-state index in [-0.39, 0.29) is 11.8 Å². The molecule has 1 atom stereocenters. The summed E-state index contributed by atoms with van der Waals surface area (Å²) >= 11 is 5.95. The summed E-state index contributed by atoms with van der Waals surface area (Å²) in [7, 11) is 1.43. The fourth-order valence-corrected chi connectivity index (χ4v) is 2.42. The van der Waals surface area contributed by atoms with Gasteiger partial charge in [-0.1, -0.05) is 23.7 Å². The number of halogens is 2. The fraction of sp³-hybridized carbons (Fsp3) is 0.200. The largest absolute Gasteiger partial charge is 0.494 e. The smallest absolute Gasteiger partial charge is 0.165 e. The Morgan fingerprint density at radius 2 is 2.00 bits per heavy atom. The molecule has 0 heterocycles. The van der Waals surface area contributed by atoms with E-state index >= 15 is 0 Å². The number of hydrogen-bond donors (Lipinski definition) is 2. The van der Waals surface area contributed by atoms with Crippen LogP contribution in [-0.4, -0.2) is 7.11 Å². The van der Waals surface area contributed by atoms with Gasteiger partial charge in [0.05, 0.1) is 13.2 Å². The van der Waals surface area contributed by atoms with Gasteiger partial charge in [-0.25, -0.2) is 9.82 Å². The second kappa shape index (κ2) is 6.22. The second-order valence-electron chi connectivity index (χ2n) is 4.49. The molecule has 0 fully saturated rings. The number of ether oxygens (including phenoxy) is 1. The Bertz CT molecular complexity index is 619. The van der Waals surface area contributed by atoms with Crippen molar-refractivity contribution < 1.29 is 9.13 Å². The second-order valence-corrected chi connectivity index (χ2v) is 4.93. The summed E-state index contributed by atoms with van der Waals surface area (Å²) in [6, 6.07) is 9.98. The molecule has 2 aromatic rings. The molecule has 0 spiro atoms. The lowest BCUT2D eigenvalue weighted by atomic mass is 9.95. The normalized spacial score (nSPS) is 12.2. The van der Waals surface area contributed by atoms with Crippen LogP contribution in [0.1, 0.15) is 22.7 Å². The summed E-state index contributed by atoms with van der Waals surface area (Å²) in [5, 5.41) is 0.655. The topological polar surface area (TPSA) is 47.3 Å². The predicted octanol–water partition coefficient (Wildman–Crippen LogP) is 3.35. The van der Waals surface area contributed by atoms with Crippen molar-refractivity contribution in [1.29, 1.82) is 0 Å². The molecule has 0 aromatic heterocycles. The van der Waals surface area contributed by atoms with Crippen LogP contribution < -0.4 is 16.0 Å². The highest BCUT2D eigenvalue weighted by Gasteiger charge is 2.16. The zero-order valence-corrected chi connectivity index (χ0v) is 12.0. The minimum Gasteiger partial charge on any atom is -0.494 e. The van der Waals surface area contributed by atoms with Crippen LogP contribution in [0.25, 0.3) is 0 Å². The maximum Gasteiger partial charge on any atom is 0.165 e. The monoisotopic (exact) mass is 294 g/mol. The van der Waals surface area contributed by atoms with Crippen molar-refractivity contribution >= 4 is 11.6 Å². The van der Waals surface area contributed by atoms with Crippen molar-refractivity contribution in [2.24, 2.45) is 5.84 Å². The van der Waals surface area contributed by atoms with E-state index in [9.17, 15) is 4.39 Å². The Morgan fingerprint density at radius 3 is 2.55 bits per heavy atom. The lowest BCUT2D eigenvalue weighted by molar-refractivity contribution is 0.385. The summed E-state index contributed by atoms with van der Waals surface area (Å²) in [5.74, 6) is 5.41. The van der Waals surface area contributed by atoms with Gasteiger partial charge >= 0.3 is 0 Å². The molecule has 0 amide bonds. The average molecular weight is 295 g/mol. The quantitative estimate of drug-likeness (QED) is 0.671. The van der Waals surface area contributed by atoms with Gasteiger partial charge in [-0.15, -0.1) is 0 Å². The predicted molar refractivity (Wildman–Crippen MR) is 78.3 cm³/mol. The first-order chi connectivity index (χ1) is 9.56. The maximum atomic E-state index is 13.8. The highest BCUT2D eigenvalue weighted by Crippen LogP contribution is 2.28. The highest BCUT2D eigenvalue weighted by atomic mass is 35.5. The molecule has 3 N–H and O–H groups in total. The molecule has 0 aliphatic rings. The minimum absolute atomic E-state index is 0.206. The van der Waals surface area contributed by atoms with E-state index < -0.39 is 5.82 Å². The first kappa shape index (κ1) is 14.8. The van der Waals surface area contributed by atoms with E-state index in [1.54, 1.807) is 18.2 Å². The van der Waals surface area contributed by atoms with Crippen molar-refractivity contribution in [3.63, 3.8) is 0 Å². The zero-order chi connectivity index (χ0) is 14.7. The Kier molecular flexibility index (Phi) is 4.60. The summed E-state index contributed by atoms with van der Waals surface area (Å²) in [6.07, 6.45) is 0. The summed E-state index contributed by atoms with van der Waals surface area (Å²) < 4.78 is 18.7. The number of methoxy groups -OCH3 is 1. The molecule has 0 bridgehead atoms. The average Bonchev–Trinajstić information content (AvgIpc) is 2.42. The summed E-state index contributed by atoms with van der Waals surface area (Å²) in [5.41, 5.74) is 5.36. The number of hydrogen-bond acceptors (Lipinski definition) is 3. The lowest BCUT2D eigenvalue weighted by Crippen LogP contribution is -2.29. The molecule has 20 heavy (non-hydrogen) atoms. The van der Waals surface area contributed by atoms with Crippen molar-refractivity contribution in [1.82, 2.24) is 5.43 Å². The van der Waals surface area contributed by atoms with Gasteiger partial charge in [0, 0.05) is 5.02 Å². The van der Waals surface area contributed by atoms with Crippen LogP contribution in [-0.2, 0) is 0 Å². The Morgan fingerprint density at radius 1 is 1.25 bits per heavy atom.